The average molecular weight is 287 g/mol. The highest BCUT2D eigenvalue weighted by Gasteiger charge is 2.11. The normalized spacial score (nSPS) is 12.7. The van der Waals surface area contributed by atoms with Gasteiger partial charge in [-0.15, -0.1) is 0 Å². The van der Waals surface area contributed by atoms with Gasteiger partial charge in [0.2, 0.25) is 0 Å². The Morgan fingerprint density at radius 1 is 1.10 bits per heavy atom. The van der Waals surface area contributed by atoms with Gasteiger partial charge in [0.05, 0.1) is 38.9 Å². The van der Waals surface area contributed by atoms with Crippen LogP contribution in [0.5, 0.6) is 0 Å². The third-order valence-corrected chi connectivity index (χ3v) is 2.61. The van der Waals surface area contributed by atoms with Gasteiger partial charge in [-0.25, -0.2) is 9.97 Å². The zero-order valence-electron chi connectivity index (χ0n) is 11.4. The van der Waals surface area contributed by atoms with Crippen LogP contribution in [-0.2, 0) is 0 Å². The van der Waals surface area contributed by atoms with E-state index in [9.17, 15) is 20.3 Å². The van der Waals surface area contributed by atoms with Gasteiger partial charge in [-0.05, 0) is 19.9 Å². The number of hydrogen-bond donors (Lipinski definition) is 2. The Hall–Kier alpha value is -2.96. The maximum absolute atomic E-state index is 10.8. The van der Waals surface area contributed by atoms with Crippen LogP contribution in [-0.4, -0.2) is 25.1 Å². The Labute approximate surface area is 120 Å². The fraction of sp³-hybridized carbons (Fsp3) is 0.143. The van der Waals surface area contributed by atoms with E-state index in [-0.39, 0.29) is 17.2 Å². The van der Waals surface area contributed by atoms with Gasteiger partial charge in [0, 0.05) is 24.3 Å². The number of benzene rings is 1. The minimum absolute atomic E-state index is 0.0133. The van der Waals surface area contributed by atoms with Crippen molar-refractivity contribution in [2.45, 2.75) is 13.8 Å². The van der Waals surface area contributed by atoms with Crippen molar-refractivity contribution in [2.24, 2.45) is 0 Å². The van der Waals surface area contributed by atoms with E-state index < -0.39 is 4.92 Å². The molecule has 0 unspecified atom stereocenters. The molecule has 0 saturated carbocycles. The van der Waals surface area contributed by atoms with Gasteiger partial charge in [0.25, 0.3) is 5.69 Å². The Balaban J connectivity index is 2.73. The van der Waals surface area contributed by atoms with Gasteiger partial charge in [0.15, 0.2) is 0 Å². The number of nitro benzene ring substituents is 1. The molecule has 1 aromatic heterocycles. The molecule has 0 bridgehead atoms. The molecule has 0 spiro atoms. The fourth-order valence-corrected chi connectivity index (χ4v) is 1.79. The third kappa shape index (κ3) is 3.33. The maximum Gasteiger partial charge on any atom is 0.271 e. The van der Waals surface area contributed by atoms with E-state index in [4.69, 9.17) is 0 Å². The van der Waals surface area contributed by atoms with E-state index in [1.165, 1.54) is 44.2 Å². The summed E-state index contributed by atoms with van der Waals surface area (Å²) in [5, 5.41) is 29.5. The van der Waals surface area contributed by atoms with Crippen LogP contribution in [0.2, 0.25) is 0 Å². The molecule has 2 aromatic rings. The van der Waals surface area contributed by atoms with Crippen molar-refractivity contribution < 1.29 is 15.1 Å². The standard InChI is InChI=1S/C14H13N3O4/c1-8(18)5-12-13(6-9(2)19)16-14-7-10(17(20)21)3-4-11(14)15-12/h3-7,18-19H,1-2H3. The summed E-state index contributed by atoms with van der Waals surface area (Å²) in [7, 11) is 0. The van der Waals surface area contributed by atoms with Gasteiger partial charge in [-0.2, -0.15) is 0 Å². The van der Waals surface area contributed by atoms with E-state index in [1.54, 1.807) is 0 Å². The van der Waals surface area contributed by atoms with Crippen LogP contribution in [0.15, 0.2) is 29.7 Å². The van der Waals surface area contributed by atoms with E-state index in [0.29, 0.717) is 22.4 Å². The maximum atomic E-state index is 10.8. The SMILES string of the molecule is CC(O)=Cc1nc2ccc([N+](=O)[O-])cc2nc1C=C(C)O. The lowest BCUT2D eigenvalue weighted by Crippen LogP contribution is -1.97. The van der Waals surface area contributed by atoms with Crippen molar-refractivity contribution >= 4 is 28.9 Å². The van der Waals surface area contributed by atoms with E-state index >= 15 is 0 Å². The molecule has 0 aliphatic rings. The summed E-state index contributed by atoms with van der Waals surface area (Å²) in [5.41, 5.74) is 1.39. The summed E-state index contributed by atoms with van der Waals surface area (Å²) in [6.45, 7) is 2.96. The monoisotopic (exact) mass is 287 g/mol. The van der Waals surface area contributed by atoms with E-state index in [0.717, 1.165) is 0 Å². The molecule has 1 aromatic carbocycles. The zero-order valence-corrected chi connectivity index (χ0v) is 11.4. The number of aliphatic hydroxyl groups is 2. The lowest BCUT2D eigenvalue weighted by Gasteiger charge is -2.04. The molecule has 7 heteroatoms. The molecule has 0 aliphatic carbocycles. The summed E-state index contributed by atoms with van der Waals surface area (Å²) in [6.07, 6.45) is 2.78. The number of fused-ring (bicyclic) bond motifs is 1. The first-order valence-corrected chi connectivity index (χ1v) is 6.07. The third-order valence-electron chi connectivity index (χ3n) is 2.61. The molecule has 2 rings (SSSR count). The van der Waals surface area contributed by atoms with Crippen molar-refractivity contribution in [1.82, 2.24) is 9.97 Å². The van der Waals surface area contributed by atoms with Crippen molar-refractivity contribution in [3.05, 3.63) is 51.2 Å². The molecule has 7 nitrogen and oxygen atoms in total. The number of nitrogens with zero attached hydrogens (tertiary/aromatic N) is 3. The van der Waals surface area contributed by atoms with E-state index in [2.05, 4.69) is 9.97 Å². The largest absolute Gasteiger partial charge is 0.513 e. The molecule has 0 aliphatic heterocycles. The molecule has 2 N–H and O–H groups in total. The predicted molar refractivity (Wildman–Crippen MR) is 78.8 cm³/mol. The van der Waals surface area contributed by atoms with Gasteiger partial charge in [-0.1, -0.05) is 0 Å². The zero-order chi connectivity index (χ0) is 15.6. The highest BCUT2D eigenvalue weighted by atomic mass is 16.6. The second kappa shape index (κ2) is 5.58. The molecule has 1 heterocycles. The second-order valence-corrected chi connectivity index (χ2v) is 4.50. The number of nitro groups is 1. The van der Waals surface area contributed by atoms with Crippen LogP contribution >= 0.6 is 0 Å². The first-order chi connectivity index (χ1) is 9.86. The number of allylic oxidation sites excluding steroid dienone is 2. The van der Waals surface area contributed by atoms with Gasteiger partial charge < -0.3 is 10.2 Å². The first-order valence-electron chi connectivity index (χ1n) is 6.07. The Morgan fingerprint density at radius 2 is 1.62 bits per heavy atom. The number of hydrogen-bond acceptors (Lipinski definition) is 6. The van der Waals surface area contributed by atoms with E-state index in [1.807, 2.05) is 0 Å². The molecule has 0 radical (unpaired) electrons. The number of rotatable bonds is 3. The molecule has 0 fully saturated rings. The number of aliphatic hydroxyl groups excluding tert-OH is 2. The minimum atomic E-state index is -0.514. The van der Waals surface area contributed by atoms with Crippen molar-refractivity contribution in [1.29, 1.82) is 0 Å². The smallest absolute Gasteiger partial charge is 0.271 e. The average Bonchev–Trinajstić information content (AvgIpc) is 2.37. The fourth-order valence-electron chi connectivity index (χ4n) is 1.79. The molecule has 108 valence electrons. The van der Waals surface area contributed by atoms with Crippen molar-refractivity contribution in [2.75, 3.05) is 0 Å². The van der Waals surface area contributed by atoms with Crippen LogP contribution in [0, 0.1) is 10.1 Å². The topological polar surface area (TPSA) is 109 Å². The summed E-state index contributed by atoms with van der Waals surface area (Å²) < 4.78 is 0. The van der Waals surface area contributed by atoms with Crippen LogP contribution < -0.4 is 0 Å². The number of aromatic nitrogens is 2. The van der Waals surface area contributed by atoms with Gasteiger partial charge in [0.1, 0.15) is 0 Å². The molecule has 0 atom stereocenters. The lowest BCUT2D eigenvalue weighted by molar-refractivity contribution is -0.384. The minimum Gasteiger partial charge on any atom is -0.513 e. The molecule has 21 heavy (non-hydrogen) atoms. The highest BCUT2D eigenvalue weighted by Crippen LogP contribution is 2.21. The Kier molecular flexibility index (Phi) is 3.84. The number of non-ortho nitro benzene ring substituents is 1. The van der Waals surface area contributed by atoms with Crippen LogP contribution in [0.1, 0.15) is 25.2 Å². The van der Waals surface area contributed by atoms with Crippen LogP contribution in [0.4, 0.5) is 5.69 Å². The van der Waals surface area contributed by atoms with Crippen LogP contribution in [0.25, 0.3) is 23.2 Å². The second-order valence-electron chi connectivity index (χ2n) is 4.50. The molecule has 0 saturated heterocycles. The summed E-state index contributed by atoms with van der Waals surface area (Å²) >= 11 is 0. The first kappa shape index (κ1) is 14.4. The lowest BCUT2D eigenvalue weighted by atomic mass is 10.2. The van der Waals surface area contributed by atoms with Crippen LogP contribution in [0.3, 0.4) is 0 Å². The molecular weight excluding hydrogens is 274 g/mol. The quantitative estimate of drug-likeness (QED) is 0.508. The van der Waals surface area contributed by atoms with Crippen molar-refractivity contribution in [3.8, 4) is 0 Å². The summed E-state index contributed by atoms with van der Waals surface area (Å²) in [5.74, 6) is 0.0510. The van der Waals surface area contributed by atoms with Crippen molar-refractivity contribution in [3.63, 3.8) is 0 Å². The Bertz CT molecular complexity index is 773. The van der Waals surface area contributed by atoms with Gasteiger partial charge >= 0.3 is 0 Å². The Morgan fingerprint density at radius 3 is 2.10 bits per heavy atom. The summed E-state index contributed by atoms with van der Waals surface area (Å²) in [6, 6.07) is 4.14. The predicted octanol–water partition coefficient (Wildman–Crippen LogP) is 3.38. The molecular formula is C14H13N3O4. The highest BCUT2D eigenvalue weighted by molar-refractivity contribution is 5.80. The molecule has 0 amide bonds. The van der Waals surface area contributed by atoms with Gasteiger partial charge in [-0.3, -0.25) is 10.1 Å². The summed E-state index contributed by atoms with van der Waals surface area (Å²) in [4.78, 5) is 18.8.